The number of hydrogen-bond donors (Lipinski definition) is 2. The van der Waals surface area contributed by atoms with Gasteiger partial charge in [0.25, 0.3) is 5.91 Å². The van der Waals surface area contributed by atoms with Gasteiger partial charge in [0.1, 0.15) is 5.01 Å². The fraction of sp³-hybridized carbons (Fsp3) is 0.320. The van der Waals surface area contributed by atoms with Gasteiger partial charge in [0, 0.05) is 42.2 Å². The van der Waals surface area contributed by atoms with E-state index in [2.05, 4.69) is 20.8 Å². The van der Waals surface area contributed by atoms with Crippen molar-refractivity contribution in [1.29, 1.82) is 0 Å². The van der Waals surface area contributed by atoms with Gasteiger partial charge in [-0.1, -0.05) is 42.9 Å². The predicted octanol–water partition coefficient (Wildman–Crippen LogP) is 4.75. The summed E-state index contributed by atoms with van der Waals surface area (Å²) < 4.78 is 0. The number of para-hydroxylation sites is 1. The summed E-state index contributed by atoms with van der Waals surface area (Å²) in [7, 11) is 0. The Bertz CT molecular complexity index is 1190. The molecule has 1 atom stereocenters. The summed E-state index contributed by atoms with van der Waals surface area (Å²) in [6.45, 7) is 4.56. The van der Waals surface area contributed by atoms with Crippen LogP contribution >= 0.6 is 11.3 Å². The number of benzene rings is 2. The molecular formula is C25H27N5O3S. The molecule has 0 aliphatic carbocycles. The lowest BCUT2D eigenvalue weighted by Crippen LogP contribution is -2.25. The maximum atomic E-state index is 12.6. The van der Waals surface area contributed by atoms with Crippen LogP contribution in [0, 0.1) is 6.92 Å². The second kappa shape index (κ2) is 10.6. The highest BCUT2D eigenvalue weighted by Crippen LogP contribution is 2.35. The first-order chi connectivity index (χ1) is 16.4. The molecule has 1 aliphatic rings. The van der Waals surface area contributed by atoms with Crippen molar-refractivity contribution in [1.82, 2.24) is 10.2 Å². The summed E-state index contributed by atoms with van der Waals surface area (Å²) in [5.41, 5.74) is 3.07. The van der Waals surface area contributed by atoms with Crippen LogP contribution in [0.2, 0.25) is 0 Å². The summed E-state index contributed by atoms with van der Waals surface area (Å²) in [5.74, 6) is -0.352. The van der Waals surface area contributed by atoms with Crippen LogP contribution < -0.4 is 15.5 Å². The first-order valence-electron chi connectivity index (χ1n) is 11.3. The zero-order chi connectivity index (χ0) is 24.1. The van der Waals surface area contributed by atoms with E-state index in [-0.39, 0.29) is 23.6 Å². The molecule has 34 heavy (non-hydrogen) atoms. The van der Waals surface area contributed by atoms with Crippen LogP contribution in [-0.4, -0.2) is 34.5 Å². The molecule has 0 spiro atoms. The quantitative estimate of drug-likeness (QED) is 0.487. The van der Waals surface area contributed by atoms with Crippen molar-refractivity contribution in [2.75, 3.05) is 22.1 Å². The molecule has 2 heterocycles. The molecule has 0 radical (unpaired) electrons. The SMILES string of the molecule is CCCCC(=O)Nc1ccc(C(=O)Nc2nnc(C3CC(=O)N(c4ccccc4C)C3)s2)cc1. The average Bonchev–Trinajstić information content (AvgIpc) is 3.45. The van der Waals surface area contributed by atoms with E-state index in [1.165, 1.54) is 11.3 Å². The second-order valence-electron chi connectivity index (χ2n) is 8.32. The lowest BCUT2D eigenvalue weighted by atomic mass is 10.1. The lowest BCUT2D eigenvalue weighted by molar-refractivity contribution is -0.117. The molecule has 1 aliphatic heterocycles. The van der Waals surface area contributed by atoms with Crippen LogP contribution in [0.1, 0.15) is 59.5 Å². The highest BCUT2D eigenvalue weighted by molar-refractivity contribution is 7.15. The molecule has 0 saturated carbocycles. The summed E-state index contributed by atoms with van der Waals surface area (Å²) >= 11 is 1.29. The summed E-state index contributed by atoms with van der Waals surface area (Å²) in [4.78, 5) is 38.9. The third-order valence-electron chi connectivity index (χ3n) is 5.73. The smallest absolute Gasteiger partial charge is 0.257 e. The number of carbonyl (C=O) groups is 3. The van der Waals surface area contributed by atoms with E-state index < -0.39 is 0 Å². The number of anilines is 3. The molecule has 1 unspecified atom stereocenters. The van der Waals surface area contributed by atoms with Gasteiger partial charge in [0.2, 0.25) is 16.9 Å². The number of hydrogen-bond acceptors (Lipinski definition) is 6. The number of nitrogens with one attached hydrogen (secondary N) is 2. The van der Waals surface area contributed by atoms with Crippen LogP contribution in [0.15, 0.2) is 48.5 Å². The minimum absolute atomic E-state index is 0.0353. The van der Waals surface area contributed by atoms with Crippen molar-refractivity contribution in [3.63, 3.8) is 0 Å². The minimum Gasteiger partial charge on any atom is -0.326 e. The Morgan fingerprint density at radius 1 is 1.09 bits per heavy atom. The van der Waals surface area contributed by atoms with Crippen LogP contribution in [-0.2, 0) is 9.59 Å². The maximum Gasteiger partial charge on any atom is 0.257 e. The first-order valence-corrected chi connectivity index (χ1v) is 12.2. The van der Waals surface area contributed by atoms with Crippen LogP contribution in [0.4, 0.5) is 16.5 Å². The van der Waals surface area contributed by atoms with Gasteiger partial charge in [0.05, 0.1) is 0 Å². The fourth-order valence-corrected chi connectivity index (χ4v) is 4.69. The van der Waals surface area contributed by atoms with Crippen LogP contribution in [0.3, 0.4) is 0 Å². The van der Waals surface area contributed by atoms with Gasteiger partial charge >= 0.3 is 0 Å². The summed E-state index contributed by atoms with van der Waals surface area (Å²) in [5, 5.41) is 15.0. The molecule has 8 nitrogen and oxygen atoms in total. The molecule has 0 bridgehead atoms. The van der Waals surface area contributed by atoms with E-state index in [0.717, 1.165) is 29.1 Å². The molecule has 176 valence electrons. The minimum atomic E-state index is -0.310. The van der Waals surface area contributed by atoms with E-state index in [1.54, 1.807) is 29.2 Å². The van der Waals surface area contributed by atoms with Crippen molar-refractivity contribution in [2.45, 2.75) is 45.4 Å². The third-order valence-corrected chi connectivity index (χ3v) is 6.73. The molecular weight excluding hydrogens is 450 g/mol. The summed E-state index contributed by atoms with van der Waals surface area (Å²) in [6.07, 6.45) is 2.65. The van der Waals surface area contributed by atoms with Gasteiger partial charge in [0.15, 0.2) is 0 Å². The Hall–Kier alpha value is -3.59. The normalized spacial score (nSPS) is 15.4. The van der Waals surface area contributed by atoms with Crippen molar-refractivity contribution in [2.24, 2.45) is 0 Å². The average molecular weight is 478 g/mol. The van der Waals surface area contributed by atoms with E-state index >= 15 is 0 Å². The predicted molar refractivity (Wildman–Crippen MR) is 133 cm³/mol. The van der Waals surface area contributed by atoms with Gasteiger partial charge in [-0.2, -0.15) is 0 Å². The third kappa shape index (κ3) is 5.48. The fourth-order valence-electron chi connectivity index (χ4n) is 3.86. The van der Waals surface area contributed by atoms with Gasteiger partial charge in [-0.05, 0) is 49.2 Å². The first kappa shape index (κ1) is 23.6. The Balaban J connectivity index is 1.36. The van der Waals surface area contributed by atoms with Crippen molar-refractivity contribution >= 4 is 45.6 Å². The molecule has 3 aromatic rings. The molecule has 1 fully saturated rings. The number of unbranched alkanes of at least 4 members (excludes halogenated alkanes) is 1. The Morgan fingerprint density at radius 2 is 1.85 bits per heavy atom. The highest BCUT2D eigenvalue weighted by atomic mass is 32.1. The monoisotopic (exact) mass is 477 g/mol. The molecule has 9 heteroatoms. The number of aryl methyl sites for hydroxylation is 1. The number of amides is 3. The van der Waals surface area contributed by atoms with Gasteiger partial charge < -0.3 is 10.2 Å². The van der Waals surface area contributed by atoms with E-state index in [1.807, 2.05) is 38.1 Å². The largest absolute Gasteiger partial charge is 0.326 e. The van der Waals surface area contributed by atoms with Crippen molar-refractivity contribution < 1.29 is 14.4 Å². The van der Waals surface area contributed by atoms with Crippen molar-refractivity contribution in [3.05, 3.63) is 64.7 Å². The number of rotatable bonds is 8. The molecule has 2 aromatic carbocycles. The Morgan fingerprint density at radius 3 is 2.59 bits per heavy atom. The molecule has 3 amide bonds. The number of aromatic nitrogens is 2. The van der Waals surface area contributed by atoms with E-state index in [0.29, 0.717) is 35.8 Å². The van der Waals surface area contributed by atoms with E-state index in [9.17, 15) is 14.4 Å². The maximum absolute atomic E-state index is 12.6. The van der Waals surface area contributed by atoms with Crippen LogP contribution in [0.5, 0.6) is 0 Å². The molecule has 2 N–H and O–H groups in total. The summed E-state index contributed by atoms with van der Waals surface area (Å²) in [6, 6.07) is 14.5. The van der Waals surface area contributed by atoms with Gasteiger partial charge in [-0.25, -0.2) is 0 Å². The molecule has 1 aromatic heterocycles. The topological polar surface area (TPSA) is 104 Å². The molecule has 4 rings (SSSR count). The zero-order valence-corrected chi connectivity index (χ0v) is 20.0. The number of nitrogens with zero attached hydrogens (tertiary/aromatic N) is 3. The highest BCUT2D eigenvalue weighted by Gasteiger charge is 2.34. The Kier molecular flexibility index (Phi) is 7.32. The number of carbonyl (C=O) groups excluding carboxylic acids is 3. The standard InChI is InChI=1S/C25H27N5O3S/c1-3-4-9-21(31)26-19-12-10-17(11-13-19)23(33)27-25-29-28-24(34-25)18-14-22(32)30(15-18)20-8-6-5-7-16(20)2/h5-8,10-13,18H,3-4,9,14-15H2,1-2H3,(H,26,31)(H,27,29,33). The van der Waals surface area contributed by atoms with Crippen molar-refractivity contribution in [3.8, 4) is 0 Å². The van der Waals surface area contributed by atoms with E-state index in [4.69, 9.17) is 0 Å². The van der Waals surface area contributed by atoms with Gasteiger partial charge in [-0.15, -0.1) is 10.2 Å². The second-order valence-corrected chi connectivity index (χ2v) is 9.33. The molecule has 1 saturated heterocycles. The zero-order valence-electron chi connectivity index (χ0n) is 19.2. The Labute approximate surface area is 202 Å². The van der Waals surface area contributed by atoms with Crippen LogP contribution in [0.25, 0.3) is 0 Å². The lowest BCUT2D eigenvalue weighted by Gasteiger charge is -2.18. The van der Waals surface area contributed by atoms with Gasteiger partial charge in [-0.3, -0.25) is 19.7 Å².